The van der Waals surface area contributed by atoms with E-state index in [4.69, 9.17) is 0 Å². The minimum Gasteiger partial charge on any atom is -0.311 e. The number of anilines is 1. The minimum atomic E-state index is -0.384. The zero-order valence-electron chi connectivity index (χ0n) is 12.1. The Morgan fingerprint density at radius 1 is 1.18 bits per heavy atom. The third kappa shape index (κ3) is 2.09. The number of carbonyl (C=O) groups excluding carboxylic acids is 2. The first kappa shape index (κ1) is 13.7. The largest absolute Gasteiger partial charge is 0.311 e. The second-order valence-electron chi connectivity index (χ2n) is 5.86. The average molecular weight is 313 g/mol. The molecule has 4 rings (SSSR count). The number of nitrogens with one attached hydrogen (secondary N) is 1. The quantitative estimate of drug-likeness (QED) is 0.876. The van der Waals surface area contributed by atoms with E-state index in [1.165, 1.54) is 9.78 Å². The van der Waals surface area contributed by atoms with Crippen molar-refractivity contribution < 1.29 is 14.5 Å². The molecule has 0 bridgehead atoms. The summed E-state index contributed by atoms with van der Waals surface area (Å²) in [5, 5.41) is 2.10. The molecule has 1 amide bonds. The monoisotopic (exact) mass is 313 g/mol. The van der Waals surface area contributed by atoms with E-state index in [9.17, 15) is 9.59 Å². The lowest BCUT2D eigenvalue weighted by Gasteiger charge is -2.25. The van der Waals surface area contributed by atoms with Crippen molar-refractivity contribution in [2.45, 2.75) is 18.9 Å². The summed E-state index contributed by atoms with van der Waals surface area (Å²) in [5.74, 6) is -0.757. The van der Waals surface area contributed by atoms with Gasteiger partial charge in [0.15, 0.2) is 6.67 Å². The van der Waals surface area contributed by atoms with E-state index < -0.39 is 0 Å². The molecule has 4 nitrogen and oxygen atoms in total. The third-order valence-electron chi connectivity index (χ3n) is 4.61. The predicted octanol–water partition coefficient (Wildman–Crippen LogP) is 1.65. The Bertz CT molecular complexity index is 726. The number of Topliss-reactive ketones (excluding diaryl/α,β-unsaturated/α-hetero) is 1. The van der Waals surface area contributed by atoms with Gasteiger partial charge in [-0.2, -0.15) is 0 Å². The average Bonchev–Trinajstić information content (AvgIpc) is 3.25. The number of para-hydroxylation sites is 1. The van der Waals surface area contributed by atoms with Gasteiger partial charge in [0.2, 0.25) is 0 Å². The van der Waals surface area contributed by atoms with E-state index >= 15 is 0 Å². The second kappa shape index (κ2) is 5.34. The molecule has 1 fully saturated rings. The molecule has 2 atom stereocenters. The molecule has 0 saturated carbocycles. The van der Waals surface area contributed by atoms with Crippen LogP contribution < -0.4 is 9.80 Å². The fourth-order valence-electron chi connectivity index (χ4n) is 3.54. The molecular formula is C17H17N2O2S+. The van der Waals surface area contributed by atoms with Crippen molar-refractivity contribution in [1.29, 1.82) is 0 Å². The Balaban J connectivity index is 1.61. The van der Waals surface area contributed by atoms with Gasteiger partial charge in [0.25, 0.3) is 5.78 Å². The van der Waals surface area contributed by atoms with Crippen molar-refractivity contribution >= 4 is 28.7 Å². The predicted molar refractivity (Wildman–Crippen MR) is 85.2 cm³/mol. The lowest BCUT2D eigenvalue weighted by Crippen LogP contribution is -3.12. The van der Waals surface area contributed by atoms with Gasteiger partial charge in [-0.3, -0.25) is 14.5 Å². The van der Waals surface area contributed by atoms with Gasteiger partial charge >= 0.3 is 5.91 Å². The molecule has 0 aliphatic carbocycles. The van der Waals surface area contributed by atoms with Crippen LogP contribution in [0.2, 0.25) is 0 Å². The van der Waals surface area contributed by atoms with Gasteiger partial charge in [0.05, 0.1) is 22.7 Å². The molecule has 2 aliphatic rings. The molecule has 5 heteroatoms. The molecular weight excluding hydrogens is 296 g/mol. The molecule has 1 aromatic carbocycles. The van der Waals surface area contributed by atoms with Gasteiger partial charge in [-0.15, -0.1) is 11.3 Å². The van der Waals surface area contributed by atoms with Crippen molar-refractivity contribution in [1.82, 2.24) is 0 Å². The maximum absolute atomic E-state index is 12.3. The van der Waals surface area contributed by atoms with Gasteiger partial charge in [0, 0.05) is 12.8 Å². The zero-order valence-corrected chi connectivity index (χ0v) is 12.9. The highest BCUT2D eigenvalue weighted by molar-refractivity contribution is 7.10. The van der Waals surface area contributed by atoms with Crippen LogP contribution >= 0.6 is 11.3 Å². The Labute approximate surface area is 133 Å². The Morgan fingerprint density at radius 3 is 2.86 bits per heavy atom. The van der Waals surface area contributed by atoms with Crippen LogP contribution in [-0.4, -0.2) is 24.9 Å². The van der Waals surface area contributed by atoms with E-state index in [1.807, 2.05) is 18.2 Å². The highest BCUT2D eigenvalue weighted by Crippen LogP contribution is 2.28. The first-order chi connectivity index (χ1) is 10.8. The van der Waals surface area contributed by atoms with Crippen LogP contribution in [0.4, 0.5) is 5.69 Å². The third-order valence-corrected chi connectivity index (χ3v) is 5.60. The van der Waals surface area contributed by atoms with Crippen molar-refractivity contribution in [2.75, 3.05) is 18.1 Å². The normalized spacial score (nSPS) is 24.1. The summed E-state index contributed by atoms with van der Waals surface area (Å²) in [5.41, 5.74) is 1.31. The molecule has 1 N–H and O–H groups in total. The molecule has 0 radical (unpaired) electrons. The van der Waals surface area contributed by atoms with Gasteiger partial charge in [0.1, 0.15) is 6.04 Å². The van der Waals surface area contributed by atoms with Crippen LogP contribution in [0.15, 0.2) is 41.8 Å². The van der Waals surface area contributed by atoms with Crippen molar-refractivity contribution in [2.24, 2.45) is 0 Å². The van der Waals surface area contributed by atoms with Crippen LogP contribution in [0, 0.1) is 0 Å². The van der Waals surface area contributed by atoms with E-state index in [-0.39, 0.29) is 11.7 Å². The van der Waals surface area contributed by atoms with E-state index in [2.05, 4.69) is 17.5 Å². The molecule has 1 unspecified atom stereocenters. The molecule has 0 spiro atoms. The number of fused-ring (bicyclic) bond motifs is 1. The fourth-order valence-corrected chi connectivity index (χ4v) is 4.46. The number of carbonyl (C=O) groups is 2. The molecule has 2 aromatic rings. The van der Waals surface area contributed by atoms with Gasteiger partial charge in [-0.25, -0.2) is 0 Å². The number of quaternary nitrogens is 1. The standard InChI is InChI=1S/C17H16N2O2S/c20-16-12-5-1-2-6-13(12)19(17(16)21)11-18-9-3-7-14(18)15-8-4-10-22-15/h1-2,4-6,8,10,14H,3,7,9,11H2/p+1/t14-/m0/s1. The molecule has 1 aromatic heterocycles. The summed E-state index contributed by atoms with van der Waals surface area (Å²) in [7, 11) is 0. The van der Waals surface area contributed by atoms with E-state index in [0.29, 0.717) is 18.3 Å². The lowest BCUT2D eigenvalue weighted by molar-refractivity contribution is -0.916. The summed E-state index contributed by atoms with van der Waals surface area (Å²) in [6.07, 6.45) is 2.31. The lowest BCUT2D eigenvalue weighted by atomic mass is 10.1. The van der Waals surface area contributed by atoms with Gasteiger partial charge in [-0.05, 0) is 23.6 Å². The summed E-state index contributed by atoms with van der Waals surface area (Å²) < 4.78 is 0. The van der Waals surface area contributed by atoms with E-state index in [0.717, 1.165) is 25.1 Å². The summed E-state index contributed by atoms with van der Waals surface area (Å²) in [4.78, 5) is 28.8. The maximum Gasteiger partial charge on any atom is 0.303 e. The van der Waals surface area contributed by atoms with Crippen molar-refractivity contribution in [3.05, 3.63) is 52.2 Å². The Hall–Kier alpha value is -1.98. The molecule has 112 valence electrons. The minimum absolute atomic E-state index is 0.373. The summed E-state index contributed by atoms with van der Waals surface area (Å²) >= 11 is 1.78. The number of likely N-dealkylation sites (tertiary alicyclic amines) is 1. The summed E-state index contributed by atoms with van der Waals surface area (Å²) in [6.45, 7) is 1.62. The Kier molecular flexibility index (Phi) is 3.32. The smallest absolute Gasteiger partial charge is 0.303 e. The first-order valence-electron chi connectivity index (χ1n) is 7.59. The highest BCUT2D eigenvalue weighted by Gasteiger charge is 2.40. The molecule has 3 heterocycles. The molecule has 22 heavy (non-hydrogen) atoms. The number of amides is 1. The van der Waals surface area contributed by atoms with Crippen LogP contribution in [0.1, 0.15) is 34.1 Å². The number of nitrogens with zero attached hydrogens (tertiary/aromatic N) is 1. The topological polar surface area (TPSA) is 41.8 Å². The number of thiophene rings is 1. The van der Waals surface area contributed by atoms with E-state index in [1.54, 1.807) is 22.3 Å². The molecule has 2 aliphatic heterocycles. The van der Waals surface area contributed by atoms with Gasteiger partial charge < -0.3 is 4.90 Å². The van der Waals surface area contributed by atoms with Crippen LogP contribution in [-0.2, 0) is 4.79 Å². The molecule has 1 saturated heterocycles. The number of benzene rings is 1. The van der Waals surface area contributed by atoms with Crippen LogP contribution in [0.3, 0.4) is 0 Å². The van der Waals surface area contributed by atoms with Crippen molar-refractivity contribution in [3.63, 3.8) is 0 Å². The van der Waals surface area contributed by atoms with Gasteiger partial charge in [-0.1, -0.05) is 18.2 Å². The highest BCUT2D eigenvalue weighted by atomic mass is 32.1. The first-order valence-corrected chi connectivity index (χ1v) is 8.47. The van der Waals surface area contributed by atoms with Crippen LogP contribution in [0.5, 0.6) is 0 Å². The maximum atomic E-state index is 12.3. The second-order valence-corrected chi connectivity index (χ2v) is 6.84. The zero-order chi connectivity index (χ0) is 15.1. The SMILES string of the molecule is O=C1C(=O)N(C[NH+]2CCC[C@H]2c2cccs2)c2ccccc21. The number of hydrogen-bond donors (Lipinski definition) is 1. The summed E-state index contributed by atoms with van der Waals surface area (Å²) in [6, 6.07) is 12.0. The number of rotatable bonds is 3. The van der Waals surface area contributed by atoms with Crippen LogP contribution in [0.25, 0.3) is 0 Å². The van der Waals surface area contributed by atoms with Crippen molar-refractivity contribution in [3.8, 4) is 0 Å². The Morgan fingerprint density at radius 2 is 2.05 bits per heavy atom. The number of ketones is 1. The fraction of sp³-hybridized carbons (Fsp3) is 0.294. The number of hydrogen-bond acceptors (Lipinski definition) is 3.